The lowest BCUT2D eigenvalue weighted by Crippen LogP contribution is -2.73. The smallest absolute Gasteiger partial charge is 0.408 e. The van der Waals surface area contributed by atoms with Gasteiger partial charge in [-0.3, -0.25) is 9.59 Å². The minimum Gasteiger partial charge on any atom is -0.496 e. The molecule has 9 nitrogen and oxygen atoms in total. The second kappa shape index (κ2) is 11.0. The van der Waals surface area contributed by atoms with Gasteiger partial charge in [0.05, 0.1) is 18.7 Å². The lowest BCUT2D eigenvalue weighted by Gasteiger charge is -2.56. The first-order valence-corrected chi connectivity index (χ1v) is 12.2. The normalized spacial score (nSPS) is 20.3. The van der Waals surface area contributed by atoms with Gasteiger partial charge < -0.3 is 25.0 Å². The van der Waals surface area contributed by atoms with E-state index in [0.29, 0.717) is 24.3 Å². The Morgan fingerprint density at radius 1 is 1.17 bits per heavy atom. The zero-order chi connectivity index (χ0) is 25.6. The number of benzene rings is 1. The third-order valence-corrected chi connectivity index (χ3v) is 6.81. The van der Waals surface area contributed by atoms with Gasteiger partial charge in [-0.15, -0.1) is 0 Å². The van der Waals surface area contributed by atoms with E-state index in [2.05, 4.69) is 16.7 Å². The predicted octanol–water partition coefficient (Wildman–Crippen LogP) is 3.26. The van der Waals surface area contributed by atoms with Crippen molar-refractivity contribution in [2.75, 3.05) is 20.2 Å². The van der Waals surface area contributed by atoms with Gasteiger partial charge in [0, 0.05) is 18.7 Å². The molecule has 2 N–H and O–H groups in total. The number of nitrogens with one attached hydrogen (secondary N) is 2. The summed E-state index contributed by atoms with van der Waals surface area (Å²) in [6, 6.07) is 7.16. The van der Waals surface area contributed by atoms with Crippen molar-refractivity contribution in [2.24, 2.45) is 5.92 Å². The molecule has 9 heteroatoms. The summed E-state index contributed by atoms with van der Waals surface area (Å²) >= 11 is 0. The molecule has 1 aromatic carbocycles. The van der Waals surface area contributed by atoms with Gasteiger partial charge in [0.25, 0.3) is 0 Å². The van der Waals surface area contributed by atoms with Gasteiger partial charge in [-0.25, -0.2) is 4.79 Å². The number of rotatable bonds is 7. The monoisotopic (exact) mass is 484 g/mol. The first-order chi connectivity index (χ1) is 16.6. The summed E-state index contributed by atoms with van der Waals surface area (Å²) in [4.78, 5) is 40.5. The summed E-state index contributed by atoms with van der Waals surface area (Å²) in [6.07, 6.45) is 4.89. The van der Waals surface area contributed by atoms with Crippen molar-refractivity contribution in [3.05, 3.63) is 29.3 Å². The van der Waals surface area contributed by atoms with Crippen LogP contribution in [0.3, 0.4) is 0 Å². The fraction of sp³-hybridized carbons (Fsp3) is 0.615. The third-order valence-electron chi connectivity index (χ3n) is 6.81. The molecule has 2 fully saturated rings. The highest BCUT2D eigenvalue weighted by Crippen LogP contribution is 2.44. The number of methoxy groups -OCH3 is 1. The first-order valence-electron chi connectivity index (χ1n) is 12.2. The van der Waals surface area contributed by atoms with E-state index in [4.69, 9.17) is 14.7 Å². The van der Waals surface area contributed by atoms with Crippen LogP contribution < -0.4 is 15.4 Å². The molecule has 3 rings (SSSR count). The number of carbonyl (C=O) groups is 3. The van der Waals surface area contributed by atoms with Crippen LogP contribution in [-0.4, -0.2) is 54.1 Å². The molecule has 0 bridgehead atoms. The second-order valence-corrected chi connectivity index (χ2v) is 10.2. The molecular weight excluding hydrogens is 448 g/mol. The van der Waals surface area contributed by atoms with Crippen LogP contribution in [-0.2, 0) is 20.9 Å². The molecule has 0 spiro atoms. The molecule has 190 valence electrons. The summed E-state index contributed by atoms with van der Waals surface area (Å²) in [5, 5.41) is 14.7. The van der Waals surface area contributed by atoms with Crippen molar-refractivity contribution < 1.29 is 23.9 Å². The van der Waals surface area contributed by atoms with E-state index < -0.39 is 17.2 Å². The van der Waals surface area contributed by atoms with E-state index in [-0.39, 0.29) is 30.8 Å². The number of hydrogen-bond donors (Lipinski definition) is 2. The molecule has 0 aromatic heterocycles. The van der Waals surface area contributed by atoms with Crippen molar-refractivity contribution in [1.29, 1.82) is 5.26 Å². The maximum absolute atomic E-state index is 13.7. The van der Waals surface area contributed by atoms with Crippen LogP contribution in [0.15, 0.2) is 18.2 Å². The highest BCUT2D eigenvalue weighted by atomic mass is 16.6. The standard InChI is InChI=1S/C26H36N4O5/c1-25(2,3)35-24(33)29-17-22(31)30-13-12-26(30,20-8-6-5-7-9-20)23(32)28-16-19-11-10-18(15-27)14-21(19)34-4/h10-11,14,20H,5-9,12-13,16-17H2,1-4H3,(H,28,32)(H,29,33). The number of amides is 3. The number of nitrogens with zero attached hydrogens (tertiary/aromatic N) is 2. The number of ether oxygens (including phenoxy) is 2. The van der Waals surface area contributed by atoms with E-state index >= 15 is 0 Å². The Bertz CT molecular complexity index is 990. The van der Waals surface area contributed by atoms with Crippen molar-refractivity contribution in [1.82, 2.24) is 15.5 Å². The third kappa shape index (κ3) is 6.05. The SMILES string of the molecule is COc1cc(C#N)ccc1CNC(=O)C1(C2CCCCC2)CCN1C(=O)CNC(=O)OC(C)(C)C. The Labute approximate surface area is 207 Å². The molecule has 1 aliphatic heterocycles. The quantitative estimate of drug-likeness (QED) is 0.613. The molecule has 1 atom stereocenters. The molecular formula is C26H36N4O5. The van der Waals surface area contributed by atoms with Gasteiger partial charge in [-0.1, -0.05) is 25.3 Å². The van der Waals surface area contributed by atoms with Crippen LogP contribution in [0.5, 0.6) is 5.75 Å². The van der Waals surface area contributed by atoms with Gasteiger partial charge in [-0.05, 0) is 58.1 Å². The fourth-order valence-electron chi connectivity index (χ4n) is 5.08. The van der Waals surface area contributed by atoms with Crippen LogP contribution in [0.2, 0.25) is 0 Å². The van der Waals surface area contributed by atoms with Gasteiger partial charge in [-0.2, -0.15) is 5.26 Å². The molecule has 0 radical (unpaired) electrons. The van der Waals surface area contributed by atoms with Crippen molar-refractivity contribution in [3.63, 3.8) is 0 Å². The lowest BCUT2D eigenvalue weighted by molar-refractivity contribution is -0.167. The van der Waals surface area contributed by atoms with Crippen molar-refractivity contribution in [3.8, 4) is 11.8 Å². The Kier molecular flexibility index (Phi) is 8.26. The van der Waals surface area contributed by atoms with Crippen LogP contribution in [0.1, 0.15) is 70.4 Å². The van der Waals surface area contributed by atoms with Crippen molar-refractivity contribution in [2.45, 2.75) is 77.0 Å². The van der Waals surface area contributed by atoms with E-state index in [9.17, 15) is 14.4 Å². The highest BCUT2D eigenvalue weighted by Gasteiger charge is 2.57. The number of alkyl carbamates (subject to hydrolysis) is 1. The molecule has 3 amide bonds. The summed E-state index contributed by atoms with van der Waals surface area (Å²) in [5.74, 6) is 0.115. The first kappa shape index (κ1) is 26.3. The molecule has 1 heterocycles. The van der Waals surface area contributed by atoms with Crippen LogP contribution in [0.25, 0.3) is 0 Å². The number of likely N-dealkylation sites (tertiary alicyclic amines) is 1. The molecule has 1 aromatic rings. The maximum atomic E-state index is 13.7. The fourth-order valence-corrected chi connectivity index (χ4v) is 5.08. The molecule has 1 saturated carbocycles. The van der Waals surface area contributed by atoms with Crippen LogP contribution in [0, 0.1) is 17.2 Å². The molecule has 1 saturated heterocycles. The van der Waals surface area contributed by atoms with Gasteiger partial charge in [0.15, 0.2) is 0 Å². The Morgan fingerprint density at radius 3 is 2.46 bits per heavy atom. The molecule has 1 unspecified atom stereocenters. The topological polar surface area (TPSA) is 121 Å². The summed E-state index contributed by atoms with van der Waals surface area (Å²) in [7, 11) is 1.52. The number of nitriles is 1. The van der Waals surface area contributed by atoms with Crippen molar-refractivity contribution >= 4 is 17.9 Å². The average Bonchev–Trinajstić information content (AvgIpc) is 2.80. The highest BCUT2D eigenvalue weighted by molar-refractivity contribution is 5.95. The van der Waals surface area contributed by atoms with E-state index in [0.717, 1.165) is 37.7 Å². The minimum absolute atomic E-state index is 0.0679. The van der Waals surface area contributed by atoms with Crippen LogP contribution >= 0.6 is 0 Å². The largest absolute Gasteiger partial charge is 0.496 e. The zero-order valence-electron chi connectivity index (χ0n) is 21.1. The maximum Gasteiger partial charge on any atom is 0.408 e. The van der Waals surface area contributed by atoms with Crippen LogP contribution in [0.4, 0.5) is 4.79 Å². The average molecular weight is 485 g/mol. The number of carbonyl (C=O) groups excluding carboxylic acids is 3. The predicted molar refractivity (Wildman–Crippen MR) is 129 cm³/mol. The lowest BCUT2D eigenvalue weighted by atomic mass is 9.67. The summed E-state index contributed by atoms with van der Waals surface area (Å²) in [6.45, 7) is 5.74. The molecule has 1 aliphatic carbocycles. The summed E-state index contributed by atoms with van der Waals surface area (Å²) in [5.41, 5.74) is -0.360. The Balaban J connectivity index is 1.73. The van der Waals surface area contributed by atoms with E-state index in [1.807, 2.05) is 0 Å². The summed E-state index contributed by atoms with van der Waals surface area (Å²) < 4.78 is 10.6. The van der Waals surface area contributed by atoms with E-state index in [1.54, 1.807) is 43.9 Å². The minimum atomic E-state index is -0.924. The Morgan fingerprint density at radius 2 is 1.89 bits per heavy atom. The second-order valence-electron chi connectivity index (χ2n) is 10.2. The number of hydrogen-bond acceptors (Lipinski definition) is 6. The Hall–Kier alpha value is -3.28. The molecule has 35 heavy (non-hydrogen) atoms. The van der Waals surface area contributed by atoms with Gasteiger partial charge in [0.1, 0.15) is 23.4 Å². The van der Waals surface area contributed by atoms with Gasteiger partial charge in [0.2, 0.25) is 11.8 Å². The molecule has 2 aliphatic rings. The zero-order valence-corrected chi connectivity index (χ0v) is 21.1. The van der Waals surface area contributed by atoms with E-state index in [1.165, 1.54) is 7.11 Å². The van der Waals surface area contributed by atoms with Gasteiger partial charge >= 0.3 is 6.09 Å².